The van der Waals surface area contributed by atoms with E-state index in [9.17, 15) is 5.11 Å². The van der Waals surface area contributed by atoms with Gasteiger partial charge in [0.05, 0.1) is 0 Å². The molecule has 2 nitrogen and oxygen atoms in total. The molecule has 3 heteroatoms. The van der Waals surface area contributed by atoms with Gasteiger partial charge in [0.2, 0.25) is 0 Å². The predicted octanol–water partition coefficient (Wildman–Crippen LogP) is 3.74. The summed E-state index contributed by atoms with van der Waals surface area (Å²) in [7, 11) is 0. The van der Waals surface area contributed by atoms with Crippen molar-refractivity contribution in [3.63, 3.8) is 0 Å². The molecule has 0 saturated carbocycles. The van der Waals surface area contributed by atoms with Crippen molar-refractivity contribution in [1.82, 2.24) is 4.98 Å². The zero-order chi connectivity index (χ0) is 13.2. The van der Waals surface area contributed by atoms with E-state index in [1.165, 1.54) is 0 Å². The molecule has 0 fully saturated rings. The topological polar surface area (TPSA) is 33.1 Å². The predicted molar refractivity (Wildman–Crippen MR) is 76.2 cm³/mol. The number of halogens is 1. The van der Waals surface area contributed by atoms with Crippen LogP contribution in [0.4, 0.5) is 0 Å². The summed E-state index contributed by atoms with van der Waals surface area (Å²) in [5.41, 5.74) is 0.783. The van der Waals surface area contributed by atoms with Crippen molar-refractivity contribution in [3.8, 4) is 0 Å². The highest BCUT2D eigenvalue weighted by Gasteiger charge is 2.34. The van der Waals surface area contributed by atoms with Crippen molar-refractivity contribution in [1.29, 1.82) is 0 Å². The van der Waals surface area contributed by atoms with E-state index in [0.717, 1.165) is 15.6 Å². The number of benzene rings is 1. The highest BCUT2D eigenvalue weighted by molar-refractivity contribution is 9.10. The Kier molecular flexibility index (Phi) is 3.83. The molecule has 1 heterocycles. The summed E-state index contributed by atoms with van der Waals surface area (Å²) in [6.45, 7) is 4.03. The number of rotatable bonds is 3. The van der Waals surface area contributed by atoms with Gasteiger partial charge in [-0.05, 0) is 41.3 Å². The lowest BCUT2D eigenvalue weighted by atomic mass is 9.78. The van der Waals surface area contributed by atoms with Crippen LogP contribution in [0.2, 0.25) is 0 Å². The first-order valence-electron chi connectivity index (χ1n) is 5.94. The normalized spacial score (nSPS) is 14.5. The van der Waals surface area contributed by atoms with Crippen molar-refractivity contribution in [2.45, 2.75) is 19.4 Å². The zero-order valence-electron chi connectivity index (χ0n) is 10.5. The Labute approximate surface area is 116 Å². The molecule has 94 valence electrons. The molecule has 0 aliphatic rings. The molecule has 0 aliphatic heterocycles. The molecule has 1 N–H and O–H groups in total. The number of hydrogen-bond donors (Lipinski definition) is 1. The summed E-state index contributed by atoms with van der Waals surface area (Å²) < 4.78 is 1.01. The van der Waals surface area contributed by atoms with Crippen molar-refractivity contribution < 1.29 is 5.11 Å². The molecule has 0 aliphatic carbocycles. The van der Waals surface area contributed by atoms with Gasteiger partial charge in [-0.3, -0.25) is 4.98 Å². The fourth-order valence-electron chi connectivity index (χ4n) is 2.14. The van der Waals surface area contributed by atoms with E-state index in [1.54, 1.807) is 12.4 Å². The van der Waals surface area contributed by atoms with Gasteiger partial charge < -0.3 is 5.11 Å². The van der Waals surface area contributed by atoms with Crippen LogP contribution < -0.4 is 0 Å². The van der Waals surface area contributed by atoms with Gasteiger partial charge >= 0.3 is 0 Å². The van der Waals surface area contributed by atoms with E-state index in [1.807, 2.05) is 50.2 Å². The van der Waals surface area contributed by atoms with Gasteiger partial charge in [0, 0.05) is 16.9 Å². The number of aromatic nitrogens is 1. The molecular weight excluding hydrogens is 290 g/mol. The van der Waals surface area contributed by atoms with Gasteiger partial charge in [0.15, 0.2) is 0 Å². The third-order valence-electron chi connectivity index (χ3n) is 3.24. The van der Waals surface area contributed by atoms with Gasteiger partial charge in [-0.25, -0.2) is 0 Å². The monoisotopic (exact) mass is 305 g/mol. The van der Waals surface area contributed by atoms with Gasteiger partial charge in [0.1, 0.15) is 5.60 Å². The quantitative estimate of drug-likeness (QED) is 0.937. The fourth-order valence-corrected chi connectivity index (χ4v) is 2.41. The highest BCUT2D eigenvalue weighted by Crippen LogP contribution is 2.36. The van der Waals surface area contributed by atoms with Gasteiger partial charge in [0.25, 0.3) is 0 Å². The highest BCUT2D eigenvalue weighted by atomic mass is 79.9. The van der Waals surface area contributed by atoms with Gasteiger partial charge in [-0.15, -0.1) is 0 Å². The van der Waals surface area contributed by atoms with Crippen LogP contribution in [0, 0.1) is 5.92 Å². The maximum Gasteiger partial charge on any atom is 0.117 e. The zero-order valence-corrected chi connectivity index (χ0v) is 12.1. The van der Waals surface area contributed by atoms with Crippen LogP contribution in [0.3, 0.4) is 0 Å². The molecule has 1 aromatic carbocycles. The minimum atomic E-state index is -0.982. The first kappa shape index (κ1) is 13.2. The molecule has 0 radical (unpaired) electrons. The Bertz CT molecular complexity index is 510. The standard InChI is InChI=1S/C15H16BrNO/c1-11(2)15(18,13-7-9-17-10-8-13)12-3-5-14(16)6-4-12/h3-11,18H,1-2H3. The second-order valence-electron chi connectivity index (χ2n) is 4.66. The molecular formula is C15H16BrNO. The smallest absolute Gasteiger partial charge is 0.117 e. The molecule has 0 saturated heterocycles. The summed E-state index contributed by atoms with van der Waals surface area (Å²) in [6, 6.07) is 11.5. The largest absolute Gasteiger partial charge is 0.380 e. The van der Waals surface area contributed by atoms with Gasteiger partial charge in [-0.1, -0.05) is 41.9 Å². The minimum Gasteiger partial charge on any atom is -0.380 e. The van der Waals surface area contributed by atoms with E-state index < -0.39 is 5.60 Å². The Morgan fingerprint density at radius 3 is 2.00 bits per heavy atom. The Morgan fingerprint density at radius 2 is 1.50 bits per heavy atom. The summed E-state index contributed by atoms with van der Waals surface area (Å²) in [5, 5.41) is 11.1. The molecule has 0 amide bonds. The summed E-state index contributed by atoms with van der Waals surface area (Å²) in [5.74, 6) is 0.0704. The van der Waals surface area contributed by atoms with Crippen LogP contribution >= 0.6 is 15.9 Å². The van der Waals surface area contributed by atoms with E-state index in [2.05, 4.69) is 20.9 Å². The third-order valence-corrected chi connectivity index (χ3v) is 3.77. The second-order valence-corrected chi connectivity index (χ2v) is 5.58. The van der Waals surface area contributed by atoms with E-state index in [4.69, 9.17) is 0 Å². The molecule has 0 bridgehead atoms. The lowest BCUT2D eigenvalue weighted by Crippen LogP contribution is -2.33. The van der Waals surface area contributed by atoms with Gasteiger partial charge in [-0.2, -0.15) is 0 Å². The minimum absolute atomic E-state index is 0.0704. The maximum atomic E-state index is 11.1. The van der Waals surface area contributed by atoms with Crippen LogP contribution in [-0.4, -0.2) is 10.1 Å². The lowest BCUT2D eigenvalue weighted by Gasteiger charge is -2.33. The molecule has 1 aromatic heterocycles. The second kappa shape index (κ2) is 5.21. The first-order valence-corrected chi connectivity index (χ1v) is 6.73. The Hall–Kier alpha value is -1.19. The SMILES string of the molecule is CC(C)C(O)(c1ccncc1)c1ccc(Br)cc1. The lowest BCUT2D eigenvalue weighted by molar-refractivity contribution is 0.0317. The molecule has 18 heavy (non-hydrogen) atoms. The number of nitrogens with zero attached hydrogens (tertiary/aromatic N) is 1. The molecule has 2 rings (SSSR count). The fraction of sp³-hybridized carbons (Fsp3) is 0.267. The average Bonchev–Trinajstić information content (AvgIpc) is 2.39. The molecule has 1 atom stereocenters. The average molecular weight is 306 g/mol. The maximum absolute atomic E-state index is 11.1. The Morgan fingerprint density at radius 1 is 1.00 bits per heavy atom. The number of hydrogen-bond acceptors (Lipinski definition) is 2. The van der Waals surface area contributed by atoms with E-state index in [-0.39, 0.29) is 5.92 Å². The van der Waals surface area contributed by atoms with Crippen LogP contribution in [-0.2, 0) is 5.60 Å². The number of pyridine rings is 1. The molecule has 0 spiro atoms. The summed E-state index contributed by atoms with van der Waals surface area (Å²) >= 11 is 3.41. The van der Waals surface area contributed by atoms with E-state index in [0.29, 0.717) is 0 Å². The van der Waals surface area contributed by atoms with Crippen molar-refractivity contribution >= 4 is 15.9 Å². The van der Waals surface area contributed by atoms with Crippen LogP contribution in [0.25, 0.3) is 0 Å². The van der Waals surface area contributed by atoms with Crippen LogP contribution in [0.1, 0.15) is 25.0 Å². The van der Waals surface area contributed by atoms with Crippen molar-refractivity contribution in [3.05, 3.63) is 64.4 Å². The molecule has 2 aromatic rings. The summed E-state index contributed by atoms with van der Waals surface area (Å²) in [4.78, 5) is 4.01. The molecule has 1 unspecified atom stereocenters. The van der Waals surface area contributed by atoms with Crippen molar-refractivity contribution in [2.24, 2.45) is 5.92 Å². The Balaban J connectivity index is 2.54. The van der Waals surface area contributed by atoms with Crippen molar-refractivity contribution in [2.75, 3.05) is 0 Å². The number of aliphatic hydroxyl groups is 1. The van der Waals surface area contributed by atoms with E-state index >= 15 is 0 Å². The van der Waals surface area contributed by atoms with Crippen LogP contribution in [0.15, 0.2) is 53.3 Å². The first-order chi connectivity index (χ1) is 8.55. The van der Waals surface area contributed by atoms with Crippen LogP contribution in [0.5, 0.6) is 0 Å². The summed E-state index contributed by atoms with van der Waals surface area (Å²) in [6.07, 6.45) is 3.42. The third kappa shape index (κ3) is 2.33.